The highest BCUT2D eigenvalue weighted by molar-refractivity contribution is 14.1. The highest BCUT2D eigenvalue weighted by Gasteiger charge is 2.53. The van der Waals surface area contributed by atoms with Gasteiger partial charge in [0.1, 0.15) is 3.61 Å². The summed E-state index contributed by atoms with van der Waals surface area (Å²) in [4.78, 5) is 0. The van der Waals surface area contributed by atoms with Crippen molar-refractivity contribution in [2.24, 2.45) is 0 Å². The Kier molecular flexibility index (Phi) is 8.04. The van der Waals surface area contributed by atoms with Crippen LogP contribution in [0.25, 0.3) is 50.1 Å². The SMILES string of the molecule is CC1(C)OB(c2cccc(-c3cc(C4=CC=CCC4)c(-c4cc#ccc4)c(-c4ccccc4)c3-c3ccccc3)c2)OC1(C)I. The average molecular weight is 696 g/mol. The minimum Gasteiger partial charge on any atom is -0.398 e. The van der Waals surface area contributed by atoms with Crippen molar-refractivity contribution < 1.29 is 9.31 Å². The fourth-order valence-corrected chi connectivity index (χ4v) is 6.68. The Labute approximate surface area is 281 Å². The molecule has 1 aliphatic heterocycles. The topological polar surface area (TPSA) is 18.5 Å². The Morgan fingerprint density at radius 1 is 0.689 bits per heavy atom. The van der Waals surface area contributed by atoms with Gasteiger partial charge in [-0.15, -0.1) is 0 Å². The maximum absolute atomic E-state index is 6.49. The molecule has 0 amide bonds. The Morgan fingerprint density at radius 2 is 1.38 bits per heavy atom. The third-order valence-corrected chi connectivity index (χ3v) is 10.6. The molecule has 1 heterocycles. The zero-order valence-electron chi connectivity index (χ0n) is 25.8. The number of halogens is 1. The van der Waals surface area contributed by atoms with Crippen molar-refractivity contribution in [3.63, 3.8) is 0 Å². The first-order valence-electron chi connectivity index (χ1n) is 15.5. The van der Waals surface area contributed by atoms with Crippen LogP contribution in [0.2, 0.25) is 0 Å². The van der Waals surface area contributed by atoms with Gasteiger partial charge in [0.25, 0.3) is 0 Å². The zero-order chi connectivity index (χ0) is 31.0. The molecule has 2 nitrogen and oxygen atoms in total. The van der Waals surface area contributed by atoms with E-state index in [1.165, 1.54) is 44.5 Å². The van der Waals surface area contributed by atoms with Crippen molar-refractivity contribution in [1.29, 1.82) is 0 Å². The van der Waals surface area contributed by atoms with Crippen molar-refractivity contribution in [2.45, 2.75) is 42.8 Å². The smallest absolute Gasteiger partial charge is 0.398 e. The van der Waals surface area contributed by atoms with Crippen LogP contribution < -0.4 is 5.46 Å². The fraction of sp³-hybridized carbons (Fsp3) is 0.171. The van der Waals surface area contributed by atoms with E-state index in [2.05, 4.69) is 177 Å². The van der Waals surface area contributed by atoms with Gasteiger partial charge in [-0.1, -0.05) is 115 Å². The molecule has 1 saturated heterocycles. The number of alkyl halides is 1. The van der Waals surface area contributed by atoms with Gasteiger partial charge < -0.3 is 9.31 Å². The van der Waals surface area contributed by atoms with E-state index in [-0.39, 0.29) is 0 Å². The molecule has 5 aromatic carbocycles. The first kappa shape index (κ1) is 29.8. The highest BCUT2D eigenvalue weighted by atomic mass is 127. The Morgan fingerprint density at radius 3 is 2.00 bits per heavy atom. The summed E-state index contributed by atoms with van der Waals surface area (Å²) in [6.07, 6.45) is 8.73. The summed E-state index contributed by atoms with van der Waals surface area (Å²) in [7, 11) is -0.448. The lowest BCUT2D eigenvalue weighted by molar-refractivity contribution is 0.0726. The number of hydrogen-bond acceptors (Lipinski definition) is 2. The number of rotatable bonds is 6. The lowest BCUT2D eigenvalue weighted by atomic mass is 9.75. The van der Waals surface area contributed by atoms with Crippen LogP contribution in [-0.4, -0.2) is 16.3 Å². The maximum Gasteiger partial charge on any atom is 0.495 e. The normalized spacial score (nSPS) is 18.8. The van der Waals surface area contributed by atoms with E-state index in [1.54, 1.807) is 0 Å². The molecule has 220 valence electrons. The molecule has 0 bridgehead atoms. The quantitative estimate of drug-likeness (QED) is 0.100. The number of hydrogen-bond donors (Lipinski definition) is 0. The summed E-state index contributed by atoms with van der Waals surface area (Å²) >= 11 is 2.37. The van der Waals surface area contributed by atoms with Gasteiger partial charge in [0.15, 0.2) is 0 Å². The van der Waals surface area contributed by atoms with Gasteiger partial charge in [-0.05, 0) is 142 Å². The standard InChI is InChI=1S/C41H34BIO2/c1-40(2)41(3,43)45-42(44-40)34-26-16-25-33(27-34)36-28-35(29-17-8-4-9-18-29)37(30-19-10-5-11-20-30)39(32-23-14-7-15-24-32)38(36)31-21-12-6-13-22-31/h4,6-8,10,12-17,19-28H,9,18H2,1-3H3. The van der Waals surface area contributed by atoms with Crippen LogP contribution in [0.3, 0.4) is 0 Å². The van der Waals surface area contributed by atoms with Crippen LogP contribution in [0, 0.1) is 12.1 Å². The fourth-order valence-electron chi connectivity index (χ4n) is 6.32. The lowest BCUT2D eigenvalue weighted by Crippen LogP contribution is -2.38. The van der Waals surface area contributed by atoms with E-state index < -0.39 is 16.3 Å². The predicted octanol–water partition coefficient (Wildman–Crippen LogP) is 10.4. The second kappa shape index (κ2) is 12.1. The molecular weight excluding hydrogens is 662 g/mol. The van der Waals surface area contributed by atoms with E-state index >= 15 is 0 Å². The third kappa shape index (κ3) is 5.70. The molecule has 0 saturated carbocycles. The average Bonchev–Trinajstić information content (AvgIpc) is 3.31. The Hall–Kier alpha value is -3.89. The molecule has 1 aliphatic carbocycles. The summed E-state index contributed by atoms with van der Waals surface area (Å²) in [5.41, 5.74) is 12.6. The van der Waals surface area contributed by atoms with Gasteiger partial charge >= 0.3 is 7.12 Å². The Bertz CT molecular complexity index is 1880. The van der Waals surface area contributed by atoms with Crippen LogP contribution >= 0.6 is 22.6 Å². The van der Waals surface area contributed by atoms with Crippen molar-refractivity contribution >= 4 is 40.7 Å². The van der Waals surface area contributed by atoms with Crippen molar-refractivity contribution in [3.8, 4) is 44.5 Å². The molecule has 0 N–H and O–H groups in total. The first-order valence-corrected chi connectivity index (χ1v) is 16.6. The van der Waals surface area contributed by atoms with Crippen molar-refractivity contribution in [3.05, 3.63) is 145 Å². The summed E-state index contributed by atoms with van der Waals surface area (Å²) in [5.74, 6) is 0. The molecule has 1 fully saturated rings. The second-order valence-electron chi connectivity index (χ2n) is 12.3. The lowest BCUT2D eigenvalue weighted by Gasteiger charge is -2.30. The molecule has 0 radical (unpaired) electrons. The minimum atomic E-state index is -0.448. The Balaban J connectivity index is 1.56. The molecule has 2 aliphatic rings. The molecule has 1 unspecified atom stereocenters. The van der Waals surface area contributed by atoms with E-state index in [1.807, 2.05) is 6.07 Å². The monoisotopic (exact) mass is 696 g/mol. The van der Waals surface area contributed by atoms with E-state index in [0.29, 0.717) is 0 Å². The third-order valence-electron chi connectivity index (χ3n) is 9.03. The second-order valence-corrected chi connectivity index (χ2v) is 14.4. The molecule has 5 aromatic rings. The molecule has 1 atom stereocenters. The van der Waals surface area contributed by atoms with E-state index in [4.69, 9.17) is 9.31 Å². The van der Waals surface area contributed by atoms with E-state index in [0.717, 1.165) is 29.4 Å². The number of allylic oxidation sites excluding steroid dienone is 4. The largest absolute Gasteiger partial charge is 0.495 e. The van der Waals surface area contributed by atoms with Crippen molar-refractivity contribution in [2.75, 3.05) is 0 Å². The van der Waals surface area contributed by atoms with Gasteiger partial charge in [-0.25, -0.2) is 0 Å². The summed E-state index contributed by atoms with van der Waals surface area (Å²) in [6.45, 7) is 6.28. The highest BCUT2D eigenvalue weighted by Crippen LogP contribution is 2.50. The van der Waals surface area contributed by atoms with E-state index in [9.17, 15) is 0 Å². The van der Waals surface area contributed by atoms with Gasteiger partial charge in [0, 0.05) is 0 Å². The maximum atomic E-state index is 6.49. The van der Waals surface area contributed by atoms with Crippen LogP contribution in [0.5, 0.6) is 0 Å². The molecule has 7 rings (SSSR count). The van der Waals surface area contributed by atoms with Crippen LogP contribution in [-0.2, 0) is 9.31 Å². The molecule has 45 heavy (non-hydrogen) atoms. The van der Waals surface area contributed by atoms with Gasteiger partial charge in [-0.2, -0.15) is 0 Å². The zero-order valence-corrected chi connectivity index (χ0v) is 28.0. The summed E-state index contributed by atoms with van der Waals surface area (Å²) < 4.78 is 12.5. The molecule has 0 aromatic heterocycles. The van der Waals surface area contributed by atoms with Crippen LogP contribution in [0.15, 0.2) is 127 Å². The first-order chi connectivity index (χ1) is 21.8. The number of benzene rings is 4. The van der Waals surface area contributed by atoms with Gasteiger partial charge in [-0.3, -0.25) is 0 Å². The van der Waals surface area contributed by atoms with Crippen LogP contribution in [0.4, 0.5) is 0 Å². The van der Waals surface area contributed by atoms with Crippen LogP contribution in [0.1, 0.15) is 39.2 Å². The van der Waals surface area contributed by atoms with Gasteiger partial charge in [0.2, 0.25) is 0 Å². The minimum absolute atomic E-state index is 0.427. The molecule has 4 heteroatoms. The summed E-state index contributed by atoms with van der Waals surface area (Å²) in [5, 5.41) is 0. The predicted molar refractivity (Wildman–Crippen MR) is 196 cm³/mol. The summed E-state index contributed by atoms with van der Waals surface area (Å²) in [6, 6.07) is 45.2. The van der Waals surface area contributed by atoms with Gasteiger partial charge in [0.05, 0.1) is 5.60 Å². The molecule has 0 spiro atoms. The molecular formula is C41H34BIO2. The van der Waals surface area contributed by atoms with Crippen molar-refractivity contribution in [1.82, 2.24) is 0 Å².